The summed E-state index contributed by atoms with van der Waals surface area (Å²) in [6.45, 7) is 0. The second-order valence-electron chi connectivity index (χ2n) is 5.01. The van der Waals surface area contributed by atoms with Crippen molar-refractivity contribution in [2.45, 2.75) is 19.3 Å². The fourth-order valence-corrected chi connectivity index (χ4v) is 2.50. The SMILES string of the molecule is COc1cc(/C=N/NC(=O)c2n[nH]c3c2CCC3)ccc1O. The van der Waals surface area contributed by atoms with Crippen LogP contribution in [0.1, 0.15) is 33.7 Å². The highest BCUT2D eigenvalue weighted by Gasteiger charge is 2.22. The van der Waals surface area contributed by atoms with E-state index in [1.165, 1.54) is 19.4 Å². The maximum absolute atomic E-state index is 12.1. The predicted octanol–water partition coefficient (Wildman–Crippen LogP) is 1.38. The highest BCUT2D eigenvalue weighted by Crippen LogP contribution is 2.25. The first-order valence-electron chi connectivity index (χ1n) is 6.95. The van der Waals surface area contributed by atoms with Crippen molar-refractivity contribution in [3.63, 3.8) is 0 Å². The number of H-pyrrole nitrogens is 1. The summed E-state index contributed by atoms with van der Waals surface area (Å²) in [5.74, 6) is 0.0672. The van der Waals surface area contributed by atoms with Crippen molar-refractivity contribution in [2.75, 3.05) is 7.11 Å². The van der Waals surface area contributed by atoms with Gasteiger partial charge in [0.25, 0.3) is 5.91 Å². The average molecular weight is 300 g/mol. The van der Waals surface area contributed by atoms with Gasteiger partial charge in [-0.25, -0.2) is 5.43 Å². The molecule has 2 aromatic rings. The fourth-order valence-electron chi connectivity index (χ4n) is 2.50. The maximum atomic E-state index is 12.1. The molecule has 0 unspecified atom stereocenters. The van der Waals surface area contributed by atoms with E-state index in [-0.39, 0.29) is 11.7 Å². The number of carbonyl (C=O) groups is 1. The molecule has 0 aliphatic heterocycles. The van der Waals surface area contributed by atoms with Crippen LogP contribution in [0.15, 0.2) is 23.3 Å². The number of methoxy groups -OCH3 is 1. The summed E-state index contributed by atoms with van der Waals surface area (Å²) in [4.78, 5) is 12.1. The number of nitrogens with one attached hydrogen (secondary N) is 2. The van der Waals surface area contributed by atoms with Crippen LogP contribution in [-0.4, -0.2) is 34.5 Å². The number of aryl methyl sites for hydroxylation is 1. The largest absolute Gasteiger partial charge is 0.504 e. The molecule has 0 fully saturated rings. The highest BCUT2D eigenvalue weighted by molar-refractivity contribution is 5.94. The van der Waals surface area contributed by atoms with Crippen LogP contribution in [0.25, 0.3) is 0 Å². The standard InChI is InChI=1S/C15H16N4O3/c1-22-13-7-9(5-6-12(13)20)8-16-19-15(21)14-10-3-2-4-11(10)17-18-14/h5-8,20H,2-4H2,1H3,(H,17,18)(H,19,21)/b16-8+. The first-order valence-corrected chi connectivity index (χ1v) is 6.95. The number of phenols is 1. The Morgan fingerprint density at radius 3 is 3.18 bits per heavy atom. The number of benzene rings is 1. The van der Waals surface area contributed by atoms with Crippen LogP contribution in [0.3, 0.4) is 0 Å². The molecule has 3 rings (SSSR count). The molecular weight excluding hydrogens is 284 g/mol. The number of ether oxygens (including phenoxy) is 1. The van der Waals surface area contributed by atoms with Gasteiger partial charge in [0, 0.05) is 11.3 Å². The maximum Gasteiger partial charge on any atom is 0.292 e. The van der Waals surface area contributed by atoms with Crippen molar-refractivity contribution < 1.29 is 14.6 Å². The molecule has 1 aliphatic rings. The van der Waals surface area contributed by atoms with Crippen LogP contribution in [-0.2, 0) is 12.8 Å². The van der Waals surface area contributed by atoms with E-state index in [2.05, 4.69) is 20.7 Å². The van der Waals surface area contributed by atoms with Crippen molar-refractivity contribution in [3.8, 4) is 11.5 Å². The third-order valence-electron chi connectivity index (χ3n) is 3.60. The second kappa shape index (κ2) is 5.88. The number of fused-ring (bicyclic) bond motifs is 1. The van der Waals surface area contributed by atoms with Crippen LogP contribution in [0, 0.1) is 0 Å². The molecule has 0 saturated heterocycles. The predicted molar refractivity (Wildman–Crippen MR) is 80.3 cm³/mol. The molecule has 0 spiro atoms. The molecule has 0 atom stereocenters. The Bertz CT molecular complexity index is 736. The molecule has 1 aromatic carbocycles. The Morgan fingerprint density at radius 2 is 2.36 bits per heavy atom. The normalized spacial score (nSPS) is 13.3. The number of hydrogen-bond acceptors (Lipinski definition) is 5. The van der Waals surface area contributed by atoms with E-state index in [1.807, 2.05) is 0 Å². The Balaban J connectivity index is 1.68. The molecule has 1 heterocycles. The Labute approximate surface area is 127 Å². The first kappa shape index (κ1) is 14.1. The van der Waals surface area contributed by atoms with Crippen molar-refractivity contribution in [2.24, 2.45) is 5.10 Å². The highest BCUT2D eigenvalue weighted by atomic mass is 16.5. The van der Waals surface area contributed by atoms with Crippen LogP contribution >= 0.6 is 0 Å². The minimum Gasteiger partial charge on any atom is -0.504 e. The van der Waals surface area contributed by atoms with Crippen LogP contribution in [0.2, 0.25) is 0 Å². The van der Waals surface area contributed by atoms with E-state index in [1.54, 1.807) is 12.1 Å². The molecule has 0 radical (unpaired) electrons. The number of carbonyl (C=O) groups excluding carboxylic acids is 1. The van der Waals surface area contributed by atoms with Crippen molar-refractivity contribution >= 4 is 12.1 Å². The van der Waals surface area contributed by atoms with Gasteiger partial charge in [0.15, 0.2) is 17.2 Å². The van der Waals surface area contributed by atoms with Crippen molar-refractivity contribution in [3.05, 3.63) is 40.7 Å². The van der Waals surface area contributed by atoms with E-state index in [0.29, 0.717) is 17.0 Å². The lowest BCUT2D eigenvalue weighted by Crippen LogP contribution is -2.19. The second-order valence-corrected chi connectivity index (χ2v) is 5.01. The van der Waals surface area contributed by atoms with Crippen LogP contribution < -0.4 is 10.2 Å². The van der Waals surface area contributed by atoms with E-state index < -0.39 is 0 Å². The Hall–Kier alpha value is -2.83. The van der Waals surface area contributed by atoms with E-state index in [9.17, 15) is 9.90 Å². The lowest BCUT2D eigenvalue weighted by Gasteiger charge is -2.03. The molecule has 7 nitrogen and oxygen atoms in total. The minimum atomic E-state index is -0.332. The molecule has 7 heteroatoms. The van der Waals surface area contributed by atoms with Gasteiger partial charge in [-0.3, -0.25) is 9.89 Å². The van der Waals surface area contributed by atoms with Gasteiger partial charge < -0.3 is 9.84 Å². The van der Waals surface area contributed by atoms with Gasteiger partial charge in [0.1, 0.15) is 0 Å². The number of rotatable bonds is 4. The van der Waals surface area contributed by atoms with Gasteiger partial charge in [-0.2, -0.15) is 10.2 Å². The zero-order chi connectivity index (χ0) is 15.5. The molecule has 0 bridgehead atoms. The molecule has 3 N–H and O–H groups in total. The summed E-state index contributed by atoms with van der Waals surface area (Å²) in [6.07, 6.45) is 4.33. The quantitative estimate of drug-likeness (QED) is 0.586. The van der Waals surface area contributed by atoms with Gasteiger partial charge in [-0.05, 0) is 43.0 Å². The third kappa shape index (κ3) is 2.65. The number of aromatic amines is 1. The molecule has 1 amide bonds. The summed E-state index contributed by atoms with van der Waals surface area (Å²) < 4.78 is 5.01. The monoisotopic (exact) mass is 300 g/mol. The molecule has 1 aromatic heterocycles. The van der Waals surface area contributed by atoms with Crippen molar-refractivity contribution in [1.82, 2.24) is 15.6 Å². The lowest BCUT2D eigenvalue weighted by atomic mass is 10.2. The fraction of sp³-hybridized carbons (Fsp3) is 0.267. The summed E-state index contributed by atoms with van der Waals surface area (Å²) in [5.41, 5.74) is 5.59. The van der Waals surface area contributed by atoms with Gasteiger partial charge in [0.2, 0.25) is 0 Å². The van der Waals surface area contributed by atoms with Gasteiger partial charge in [0.05, 0.1) is 13.3 Å². The van der Waals surface area contributed by atoms with E-state index in [4.69, 9.17) is 4.74 Å². The first-order chi connectivity index (χ1) is 10.7. The van der Waals surface area contributed by atoms with Gasteiger partial charge >= 0.3 is 0 Å². The smallest absolute Gasteiger partial charge is 0.292 e. The Morgan fingerprint density at radius 1 is 1.50 bits per heavy atom. The molecule has 0 saturated carbocycles. The number of aromatic nitrogens is 2. The molecule has 1 aliphatic carbocycles. The van der Waals surface area contributed by atoms with Gasteiger partial charge in [-0.1, -0.05) is 0 Å². The van der Waals surface area contributed by atoms with E-state index >= 15 is 0 Å². The van der Waals surface area contributed by atoms with E-state index in [0.717, 1.165) is 30.5 Å². The number of hydrazone groups is 1. The number of hydrogen-bond donors (Lipinski definition) is 3. The summed E-state index contributed by atoms with van der Waals surface area (Å²) in [7, 11) is 1.47. The minimum absolute atomic E-state index is 0.0516. The van der Waals surface area contributed by atoms with Crippen LogP contribution in [0.5, 0.6) is 11.5 Å². The molecule has 114 valence electrons. The zero-order valence-electron chi connectivity index (χ0n) is 12.1. The summed E-state index contributed by atoms with van der Waals surface area (Å²) in [5, 5.41) is 20.4. The average Bonchev–Trinajstić information content (AvgIpc) is 3.11. The van der Waals surface area contributed by atoms with Crippen molar-refractivity contribution in [1.29, 1.82) is 0 Å². The lowest BCUT2D eigenvalue weighted by molar-refractivity contribution is 0.0949. The summed E-state index contributed by atoms with van der Waals surface area (Å²) >= 11 is 0. The third-order valence-corrected chi connectivity index (χ3v) is 3.60. The van der Waals surface area contributed by atoms with Gasteiger partial charge in [-0.15, -0.1) is 0 Å². The summed E-state index contributed by atoms with van der Waals surface area (Å²) in [6, 6.07) is 4.79. The molecular formula is C15H16N4O3. The Kier molecular flexibility index (Phi) is 3.78. The topological polar surface area (TPSA) is 99.6 Å². The number of amides is 1. The number of aromatic hydroxyl groups is 1. The zero-order valence-corrected chi connectivity index (χ0v) is 12.1. The number of phenolic OH excluding ortho intramolecular Hbond substituents is 1. The molecule has 22 heavy (non-hydrogen) atoms. The van der Waals surface area contributed by atoms with Crippen LogP contribution in [0.4, 0.5) is 0 Å². The number of nitrogens with zero attached hydrogens (tertiary/aromatic N) is 2.